The summed E-state index contributed by atoms with van der Waals surface area (Å²) in [6.45, 7) is 4.67. The highest BCUT2D eigenvalue weighted by Gasteiger charge is 2.24. The van der Waals surface area contributed by atoms with Crippen molar-refractivity contribution in [3.05, 3.63) is 58.1 Å². The predicted molar refractivity (Wildman–Crippen MR) is 136 cm³/mol. The SMILES string of the molecule is CN(CCCOc1ccc(N2CCN(C(=O)c3cccc(Cl)c3Cl)CC2)cc1)C1CCCC1. The van der Waals surface area contributed by atoms with E-state index in [1.807, 2.05) is 17.0 Å². The Labute approximate surface area is 207 Å². The highest BCUT2D eigenvalue weighted by molar-refractivity contribution is 6.43. The molecule has 178 valence electrons. The van der Waals surface area contributed by atoms with Crippen molar-refractivity contribution >= 4 is 34.8 Å². The second-order valence-corrected chi connectivity index (χ2v) is 9.78. The molecule has 1 saturated carbocycles. The number of amides is 1. The van der Waals surface area contributed by atoms with E-state index < -0.39 is 0 Å². The Balaban J connectivity index is 1.21. The van der Waals surface area contributed by atoms with E-state index >= 15 is 0 Å². The van der Waals surface area contributed by atoms with E-state index in [9.17, 15) is 4.79 Å². The molecule has 5 nitrogen and oxygen atoms in total. The summed E-state index contributed by atoms with van der Waals surface area (Å²) in [5.41, 5.74) is 1.62. The first-order valence-corrected chi connectivity index (χ1v) is 12.7. The van der Waals surface area contributed by atoms with Crippen molar-refractivity contribution in [2.24, 2.45) is 0 Å². The molecule has 4 rings (SSSR count). The number of hydrogen-bond acceptors (Lipinski definition) is 4. The Morgan fingerprint density at radius 1 is 1.03 bits per heavy atom. The van der Waals surface area contributed by atoms with Crippen LogP contribution in [0.15, 0.2) is 42.5 Å². The zero-order valence-corrected chi connectivity index (χ0v) is 20.8. The van der Waals surface area contributed by atoms with Crippen molar-refractivity contribution in [2.45, 2.75) is 38.1 Å². The summed E-state index contributed by atoms with van der Waals surface area (Å²) >= 11 is 12.3. The first-order valence-electron chi connectivity index (χ1n) is 11.9. The van der Waals surface area contributed by atoms with Crippen LogP contribution in [-0.2, 0) is 0 Å². The highest BCUT2D eigenvalue weighted by Crippen LogP contribution is 2.28. The normalized spacial score (nSPS) is 17.1. The Bertz CT molecular complexity index is 924. The van der Waals surface area contributed by atoms with E-state index in [0.29, 0.717) is 28.7 Å². The van der Waals surface area contributed by atoms with Gasteiger partial charge in [-0.25, -0.2) is 0 Å². The Morgan fingerprint density at radius 2 is 1.73 bits per heavy atom. The third-order valence-electron chi connectivity index (χ3n) is 6.82. The first-order chi connectivity index (χ1) is 16.0. The monoisotopic (exact) mass is 489 g/mol. The number of anilines is 1. The number of hydrogen-bond donors (Lipinski definition) is 0. The maximum absolute atomic E-state index is 12.8. The molecule has 2 aromatic rings. The molecule has 0 radical (unpaired) electrons. The summed E-state index contributed by atoms with van der Waals surface area (Å²) in [7, 11) is 2.24. The average molecular weight is 490 g/mol. The van der Waals surface area contributed by atoms with E-state index in [2.05, 4.69) is 29.0 Å². The minimum absolute atomic E-state index is 0.0653. The largest absolute Gasteiger partial charge is 0.494 e. The van der Waals surface area contributed by atoms with Gasteiger partial charge in [-0.05, 0) is 62.7 Å². The minimum atomic E-state index is -0.0653. The van der Waals surface area contributed by atoms with Crippen LogP contribution in [0.2, 0.25) is 10.0 Å². The van der Waals surface area contributed by atoms with Gasteiger partial charge in [-0.2, -0.15) is 0 Å². The molecular formula is C26H33Cl2N3O2. The van der Waals surface area contributed by atoms with Crippen LogP contribution < -0.4 is 9.64 Å². The van der Waals surface area contributed by atoms with Crippen molar-refractivity contribution in [1.82, 2.24) is 9.80 Å². The number of ether oxygens (including phenoxy) is 1. The van der Waals surface area contributed by atoms with E-state index in [1.165, 1.54) is 25.7 Å². The molecule has 1 aliphatic carbocycles. The minimum Gasteiger partial charge on any atom is -0.494 e. The van der Waals surface area contributed by atoms with Crippen LogP contribution in [0.5, 0.6) is 5.75 Å². The molecule has 2 fully saturated rings. The highest BCUT2D eigenvalue weighted by atomic mass is 35.5. The molecule has 0 aromatic heterocycles. The Morgan fingerprint density at radius 3 is 2.42 bits per heavy atom. The molecule has 1 saturated heterocycles. The van der Waals surface area contributed by atoms with Crippen LogP contribution in [0.1, 0.15) is 42.5 Å². The summed E-state index contributed by atoms with van der Waals surface area (Å²) < 4.78 is 5.96. The second kappa shape index (κ2) is 11.5. The lowest BCUT2D eigenvalue weighted by molar-refractivity contribution is 0.0747. The van der Waals surface area contributed by atoms with Crippen molar-refractivity contribution in [3.63, 3.8) is 0 Å². The lowest BCUT2D eigenvalue weighted by atomic mass is 10.1. The van der Waals surface area contributed by atoms with E-state index in [1.54, 1.807) is 18.2 Å². The number of benzene rings is 2. The summed E-state index contributed by atoms with van der Waals surface area (Å²) in [6.07, 6.45) is 6.48. The number of halogens is 2. The van der Waals surface area contributed by atoms with Gasteiger partial charge >= 0.3 is 0 Å². The third-order valence-corrected chi connectivity index (χ3v) is 7.64. The fraction of sp³-hybridized carbons (Fsp3) is 0.500. The van der Waals surface area contributed by atoms with Crippen LogP contribution in [0, 0.1) is 0 Å². The summed E-state index contributed by atoms with van der Waals surface area (Å²) in [6, 6.07) is 14.2. The van der Waals surface area contributed by atoms with Gasteiger partial charge in [-0.1, -0.05) is 42.1 Å². The molecule has 1 amide bonds. The van der Waals surface area contributed by atoms with Gasteiger partial charge in [0.25, 0.3) is 5.91 Å². The molecule has 33 heavy (non-hydrogen) atoms. The number of piperazine rings is 1. The lowest BCUT2D eigenvalue weighted by Gasteiger charge is -2.36. The topological polar surface area (TPSA) is 36.0 Å². The second-order valence-electron chi connectivity index (χ2n) is 9.00. The smallest absolute Gasteiger partial charge is 0.255 e. The zero-order valence-electron chi connectivity index (χ0n) is 19.3. The summed E-state index contributed by atoms with van der Waals surface area (Å²) in [4.78, 5) is 19.5. The number of nitrogens with zero attached hydrogens (tertiary/aromatic N) is 3. The molecule has 2 aliphatic rings. The van der Waals surface area contributed by atoms with Crippen LogP contribution in [0.3, 0.4) is 0 Å². The van der Waals surface area contributed by atoms with Crippen molar-refractivity contribution in [2.75, 3.05) is 51.3 Å². The molecule has 1 heterocycles. The average Bonchev–Trinajstić information content (AvgIpc) is 3.39. The standard InChI is InChI=1S/C26H33Cl2N3O2/c1-29(20-6-2-3-7-20)14-5-19-33-22-12-10-21(11-13-22)30-15-17-31(18-16-30)26(32)23-8-4-9-24(27)25(23)28/h4,8-13,20H,2-3,5-7,14-19H2,1H3. The quantitative estimate of drug-likeness (QED) is 0.452. The molecule has 1 aliphatic heterocycles. The molecule has 7 heteroatoms. The molecule has 0 bridgehead atoms. The van der Waals surface area contributed by atoms with Gasteiger partial charge in [0.2, 0.25) is 0 Å². The van der Waals surface area contributed by atoms with Gasteiger partial charge in [-0.15, -0.1) is 0 Å². The van der Waals surface area contributed by atoms with E-state index in [-0.39, 0.29) is 5.91 Å². The molecule has 0 unspecified atom stereocenters. The fourth-order valence-corrected chi connectivity index (χ4v) is 5.17. The van der Waals surface area contributed by atoms with Gasteiger partial charge in [0.05, 0.1) is 22.2 Å². The van der Waals surface area contributed by atoms with Gasteiger partial charge in [-0.3, -0.25) is 4.79 Å². The predicted octanol–water partition coefficient (Wildman–Crippen LogP) is 5.60. The molecule has 2 aromatic carbocycles. The lowest BCUT2D eigenvalue weighted by Crippen LogP contribution is -2.48. The molecule has 0 N–H and O–H groups in total. The number of carbonyl (C=O) groups excluding carboxylic acids is 1. The van der Waals surface area contributed by atoms with Crippen LogP contribution in [-0.4, -0.2) is 68.1 Å². The van der Waals surface area contributed by atoms with E-state index in [4.69, 9.17) is 27.9 Å². The molecular weight excluding hydrogens is 457 g/mol. The van der Waals surface area contributed by atoms with Crippen molar-refractivity contribution in [1.29, 1.82) is 0 Å². The van der Waals surface area contributed by atoms with Crippen LogP contribution in [0.25, 0.3) is 0 Å². The Hall–Kier alpha value is -1.95. The fourth-order valence-electron chi connectivity index (χ4n) is 4.79. The van der Waals surface area contributed by atoms with Crippen LogP contribution >= 0.6 is 23.2 Å². The van der Waals surface area contributed by atoms with Gasteiger partial charge in [0, 0.05) is 44.5 Å². The van der Waals surface area contributed by atoms with Gasteiger partial charge in [0.1, 0.15) is 5.75 Å². The maximum atomic E-state index is 12.8. The molecule has 0 spiro atoms. The number of rotatable bonds is 8. The zero-order chi connectivity index (χ0) is 23.2. The van der Waals surface area contributed by atoms with E-state index in [0.717, 1.165) is 50.1 Å². The van der Waals surface area contributed by atoms with Crippen molar-refractivity contribution in [3.8, 4) is 5.75 Å². The Kier molecular flexibility index (Phi) is 8.39. The van der Waals surface area contributed by atoms with Crippen LogP contribution in [0.4, 0.5) is 5.69 Å². The third kappa shape index (κ3) is 6.14. The van der Waals surface area contributed by atoms with Gasteiger partial charge < -0.3 is 19.4 Å². The summed E-state index contributed by atoms with van der Waals surface area (Å²) in [5.74, 6) is 0.844. The maximum Gasteiger partial charge on any atom is 0.255 e. The summed E-state index contributed by atoms with van der Waals surface area (Å²) in [5, 5.41) is 0.733. The number of carbonyl (C=O) groups is 1. The molecule has 0 atom stereocenters. The van der Waals surface area contributed by atoms with Gasteiger partial charge in [0.15, 0.2) is 0 Å². The first kappa shape index (κ1) is 24.2. The van der Waals surface area contributed by atoms with Crippen molar-refractivity contribution < 1.29 is 9.53 Å².